The van der Waals surface area contributed by atoms with Gasteiger partial charge >= 0.3 is 16.2 Å². The van der Waals surface area contributed by atoms with Crippen LogP contribution in [0.25, 0.3) is 39.1 Å². The molecule has 2 heterocycles. The largest absolute Gasteiger partial charge is 0.678 e. The molecule has 5 nitrogen and oxygen atoms in total. The zero-order valence-electron chi connectivity index (χ0n) is 41.4. The SMILES string of the molecule is CCO[Si](CCCCCc1ccc(/C(=C2\C=C3C(=N2)c2ccccc2C32c3ccccc3-c3ccccc32)c2cc3c(n2B(F)F)-c2ccccc2C32c3ccccc3-c3ccccc32)cc1)(OCC)OCC. The second-order valence-corrected chi connectivity index (χ2v) is 22.5. The summed E-state index contributed by atoms with van der Waals surface area (Å²) >= 11 is 0. The minimum atomic E-state index is -2.86. The Kier molecular flexibility index (Phi) is 11.2. The van der Waals surface area contributed by atoms with E-state index in [0.29, 0.717) is 42.5 Å². The minimum Gasteiger partial charge on any atom is -0.374 e. The summed E-state index contributed by atoms with van der Waals surface area (Å²) in [6, 6.07) is 62.8. The molecule has 0 amide bonds. The highest BCUT2D eigenvalue weighted by Gasteiger charge is 2.57. The van der Waals surface area contributed by atoms with E-state index in [2.05, 4.69) is 164 Å². The maximum atomic E-state index is 16.8. The van der Waals surface area contributed by atoms with Crippen LogP contribution in [0.1, 0.15) is 101 Å². The molecule has 0 unspecified atom stereocenters. The fourth-order valence-corrected chi connectivity index (χ4v) is 16.3. The molecular weight excluding hydrogens is 922 g/mol. The molecule has 0 fully saturated rings. The third kappa shape index (κ3) is 6.58. The van der Waals surface area contributed by atoms with Crippen LogP contribution in [0.15, 0.2) is 198 Å². The zero-order valence-corrected chi connectivity index (χ0v) is 42.4. The van der Waals surface area contributed by atoms with E-state index in [-0.39, 0.29) is 0 Å². The van der Waals surface area contributed by atoms with Crippen molar-refractivity contribution in [1.29, 1.82) is 0 Å². The molecule has 5 aliphatic rings. The summed E-state index contributed by atoms with van der Waals surface area (Å²) in [5.74, 6) is 0. The number of nitrogens with zero attached hydrogens (tertiary/aromatic N) is 2. The maximum Gasteiger partial charge on any atom is 0.678 e. The average molecular weight is 977 g/mol. The third-order valence-corrected chi connectivity index (χ3v) is 19.3. The van der Waals surface area contributed by atoms with E-state index in [1.807, 2.05) is 39.0 Å². The van der Waals surface area contributed by atoms with E-state index in [9.17, 15) is 0 Å². The fourth-order valence-electron chi connectivity index (χ4n) is 13.6. The Labute approximate surface area is 428 Å². The molecule has 0 atom stereocenters. The van der Waals surface area contributed by atoms with Gasteiger partial charge in [0.25, 0.3) is 0 Å². The molecule has 4 aliphatic carbocycles. The summed E-state index contributed by atoms with van der Waals surface area (Å²) in [5, 5.41) is 0. The fraction of sp³-hybridized carbons (Fsp3) is 0.203. The van der Waals surface area contributed by atoms with Gasteiger partial charge in [0.1, 0.15) is 0 Å². The van der Waals surface area contributed by atoms with Crippen molar-refractivity contribution in [3.8, 4) is 33.5 Å². The maximum absolute atomic E-state index is 16.8. The van der Waals surface area contributed by atoms with Crippen LogP contribution in [0.2, 0.25) is 6.04 Å². The molecule has 13 rings (SSSR count). The quantitative estimate of drug-likeness (QED) is 0.0759. The summed E-state index contributed by atoms with van der Waals surface area (Å²) in [4.78, 5) is 5.67. The summed E-state index contributed by atoms with van der Waals surface area (Å²) < 4.78 is 53.3. The van der Waals surface area contributed by atoms with Crippen LogP contribution in [0, 0.1) is 0 Å². The van der Waals surface area contributed by atoms with Crippen LogP contribution in [0.5, 0.6) is 0 Å². The number of aryl methyl sites for hydroxylation is 1. The first-order valence-electron chi connectivity index (χ1n) is 26.1. The van der Waals surface area contributed by atoms with Crippen LogP contribution < -0.4 is 0 Å². The van der Waals surface area contributed by atoms with Gasteiger partial charge in [-0.05, 0) is 125 Å². The van der Waals surface area contributed by atoms with Crippen molar-refractivity contribution in [2.75, 3.05) is 19.8 Å². The Bertz CT molecular complexity index is 3500. The molecule has 73 heavy (non-hydrogen) atoms. The van der Waals surface area contributed by atoms with E-state index in [1.165, 1.54) is 37.9 Å². The van der Waals surface area contributed by atoms with Crippen LogP contribution in [-0.2, 0) is 30.5 Å². The molecule has 1 aromatic heterocycles. The molecule has 0 bridgehead atoms. The van der Waals surface area contributed by atoms with Gasteiger partial charge in [-0.15, -0.1) is 0 Å². The van der Waals surface area contributed by atoms with Crippen molar-refractivity contribution in [3.63, 3.8) is 0 Å². The van der Waals surface area contributed by atoms with E-state index in [4.69, 9.17) is 18.3 Å². The number of halogens is 2. The number of hydrogen-bond acceptors (Lipinski definition) is 4. The molecular formula is C64H55BF2N2O3Si. The Morgan fingerprint density at radius 3 is 1.48 bits per heavy atom. The van der Waals surface area contributed by atoms with Crippen LogP contribution in [0.4, 0.5) is 8.63 Å². The standard InChI is InChI=1S/C64H55BF2N2O3Si/c1-4-70-73(71-5-2,72-6-3)39-21-7-8-22-42-35-37-43(38-36-42)60(58-40-56-61(68-58)48-27-13-19-33-54(48)63(56)50-29-15-9-23-44(50)45-24-10-16-30-51(45)63)59-41-57-62(69(59)65(66)67)49-28-14-20-34-55(49)64(57)52-31-17-11-25-46(52)47-26-12-18-32-53(47)64/h9-20,23-38,40-41H,4-8,21-22,39H2,1-3H3/b60-58-. The van der Waals surface area contributed by atoms with Gasteiger partial charge in [-0.2, -0.15) is 0 Å². The van der Waals surface area contributed by atoms with Gasteiger partial charge in [0, 0.05) is 59.5 Å². The molecule has 360 valence electrons. The second kappa shape index (κ2) is 17.9. The lowest BCUT2D eigenvalue weighted by Crippen LogP contribution is -2.45. The number of benzene rings is 7. The minimum absolute atomic E-state index is 0.444. The first kappa shape index (κ1) is 45.8. The van der Waals surface area contributed by atoms with Gasteiger partial charge in [0.2, 0.25) is 0 Å². The monoisotopic (exact) mass is 976 g/mol. The molecule has 9 heteroatoms. The Hall–Kier alpha value is -7.01. The van der Waals surface area contributed by atoms with Crippen LogP contribution in [0.3, 0.4) is 0 Å². The molecule has 7 aromatic carbocycles. The van der Waals surface area contributed by atoms with E-state index in [0.717, 1.165) is 93.1 Å². The summed E-state index contributed by atoms with van der Waals surface area (Å²) in [6.45, 7) is 7.69. The number of rotatable bonds is 15. The van der Waals surface area contributed by atoms with E-state index in [1.54, 1.807) is 0 Å². The van der Waals surface area contributed by atoms with E-state index >= 15 is 8.63 Å². The van der Waals surface area contributed by atoms with Crippen molar-refractivity contribution in [1.82, 2.24) is 4.48 Å². The van der Waals surface area contributed by atoms with E-state index < -0.39 is 27.0 Å². The van der Waals surface area contributed by atoms with Crippen molar-refractivity contribution in [2.24, 2.45) is 4.99 Å². The molecule has 2 spiro atoms. The van der Waals surface area contributed by atoms with Crippen molar-refractivity contribution >= 4 is 27.5 Å². The van der Waals surface area contributed by atoms with Gasteiger partial charge in [-0.1, -0.05) is 176 Å². The Morgan fingerprint density at radius 1 is 0.521 bits per heavy atom. The predicted octanol–water partition coefficient (Wildman–Crippen LogP) is 14.9. The normalized spacial score (nSPS) is 16.1. The molecule has 1 aliphatic heterocycles. The Morgan fingerprint density at radius 2 is 0.973 bits per heavy atom. The number of hydrogen-bond donors (Lipinski definition) is 0. The molecule has 8 aromatic rings. The summed E-state index contributed by atoms with van der Waals surface area (Å²) in [6.07, 6.45) is 6.04. The number of allylic oxidation sites excluding steroid dienone is 2. The van der Waals surface area contributed by atoms with Crippen molar-refractivity contribution < 1.29 is 21.9 Å². The topological polar surface area (TPSA) is 45.0 Å². The molecule has 0 N–H and O–H groups in total. The molecule has 0 saturated heterocycles. The highest BCUT2D eigenvalue weighted by molar-refractivity contribution is 6.60. The van der Waals surface area contributed by atoms with Gasteiger partial charge < -0.3 is 17.8 Å². The smallest absolute Gasteiger partial charge is 0.374 e. The average Bonchev–Trinajstić information content (AvgIpc) is 4.26. The highest BCUT2D eigenvalue weighted by Crippen LogP contribution is 2.65. The van der Waals surface area contributed by atoms with Gasteiger partial charge in [0.05, 0.1) is 22.2 Å². The third-order valence-electron chi connectivity index (χ3n) is 16.2. The number of aromatic nitrogens is 1. The highest BCUT2D eigenvalue weighted by atomic mass is 28.4. The number of fused-ring (bicyclic) bond motifs is 20. The lowest BCUT2D eigenvalue weighted by Gasteiger charge is -2.30. The summed E-state index contributed by atoms with van der Waals surface area (Å²) in [5.41, 5.74) is 19.1. The van der Waals surface area contributed by atoms with Gasteiger partial charge in [-0.3, -0.25) is 8.63 Å². The first-order valence-corrected chi connectivity index (χ1v) is 28.0. The predicted molar refractivity (Wildman–Crippen MR) is 292 cm³/mol. The van der Waals surface area contributed by atoms with Crippen LogP contribution >= 0.6 is 0 Å². The summed E-state index contributed by atoms with van der Waals surface area (Å²) in [7, 11) is -5.58. The number of unbranched alkanes of at least 4 members (excludes halogenated alkanes) is 2. The molecule has 0 saturated carbocycles. The van der Waals surface area contributed by atoms with Crippen LogP contribution in [-0.4, -0.2) is 46.2 Å². The Balaban J connectivity index is 0.996. The first-order chi connectivity index (χ1) is 35.9. The van der Waals surface area contributed by atoms with Crippen molar-refractivity contribution in [2.45, 2.75) is 63.3 Å². The van der Waals surface area contributed by atoms with Gasteiger partial charge in [-0.25, -0.2) is 4.99 Å². The number of aliphatic imine (C=N–C) groups is 1. The van der Waals surface area contributed by atoms with Gasteiger partial charge in [0.15, 0.2) is 0 Å². The lowest BCUT2D eigenvalue weighted by atomic mass is 9.70. The zero-order chi connectivity index (χ0) is 49.5. The molecule has 0 radical (unpaired) electrons. The van der Waals surface area contributed by atoms with Crippen molar-refractivity contribution in [3.05, 3.63) is 255 Å². The second-order valence-electron chi connectivity index (χ2n) is 19.7. The lowest BCUT2D eigenvalue weighted by molar-refractivity contribution is 0.0706.